The van der Waals surface area contributed by atoms with Crippen molar-refractivity contribution >= 4 is 23.7 Å². The Morgan fingerprint density at radius 3 is 2.85 bits per heavy atom. The standard InChI is InChI=1S/C17H21ClN4O5/c1-12-9-26-10-14(12)8-20-6-7-21(16(20)19-22(24)25)17(23)27-11-13-4-2-3-5-15(13)18/h2-5,12,14H,6-11H2,1H3. The summed E-state index contributed by atoms with van der Waals surface area (Å²) in [6, 6.07) is 7.02. The molecule has 1 aromatic carbocycles. The maximum absolute atomic E-state index is 12.5. The molecule has 1 aromatic rings. The van der Waals surface area contributed by atoms with Gasteiger partial charge in [-0.15, -0.1) is 0 Å². The summed E-state index contributed by atoms with van der Waals surface area (Å²) in [6.45, 7) is 4.60. The Bertz CT molecular complexity index is 744. The van der Waals surface area contributed by atoms with Crippen LogP contribution in [0.1, 0.15) is 12.5 Å². The van der Waals surface area contributed by atoms with Gasteiger partial charge in [-0.25, -0.2) is 19.8 Å². The SMILES string of the molecule is CC1COCC1CN1CCN(C(=O)OCc2ccccc2Cl)C1=N[N+](=O)[O-]. The molecular formula is C17H21ClN4O5. The van der Waals surface area contributed by atoms with Crippen molar-refractivity contribution in [3.63, 3.8) is 0 Å². The molecule has 2 saturated heterocycles. The maximum Gasteiger partial charge on any atom is 0.417 e. The van der Waals surface area contributed by atoms with E-state index in [1.165, 1.54) is 4.90 Å². The van der Waals surface area contributed by atoms with Gasteiger partial charge in [-0.3, -0.25) is 0 Å². The van der Waals surface area contributed by atoms with Crippen LogP contribution in [0.5, 0.6) is 0 Å². The molecule has 0 bridgehead atoms. The second kappa shape index (κ2) is 8.53. The minimum absolute atomic E-state index is 0.00302. The second-order valence-corrected chi connectivity index (χ2v) is 7.06. The highest BCUT2D eigenvalue weighted by Crippen LogP contribution is 2.24. The van der Waals surface area contributed by atoms with Crippen LogP contribution in [0.25, 0.3) is 0 Å². The molecular weight excluding hydrogens is 376 g/mol. The Labute approximate surface area is 161 Å². The lowest BCUT2D eigenvalue weighted by Crippen LogP contribution is -2.41. The first-order valence-electron chi connectivity index (χ1n) is 8.69. The van der Waals surface area contributed by atoms with Gasteiger partial charge < -0.3 is 14.4 Å². The lowest BCUT2D eigenvalue weighted by Gasteiger charge is -2.23. The number of benzene rings is 1. The van der Waals surface area contributed by atoms with Gasteiger partial charge in [0.05, 0.1) is 13.2 Å². The molecule has 10 heteroatoms. The van der Waals surface area contributed by atoms with Crippen molar-refractivity contribution in [2.45, 2.75) is 13.5 Å². The Morgan fingerprint density at radius 1 is 1.41 bits per heavy atom. The number of hydrazone groups is 1. The van der Waals surface area contributed by atoms with Crippen LogP contribution < -0.4 is 0 Å². The summed E-state index contributed by atoms with van der Waals surface area (Å²) in [5.41, 5.74) is 0.660. The molecule has 0 aromatic heterocycles. The number of guanidine groups is 1. The Hall–Kier alpha value is -2.39. The molecule has 0 saturated carbocycles. The molecule has 2 fully saturated rings. The van der Waals surface area contributed by atoms with Crippen LogP contribution in [-0.4, -0.2) is 59.7 Å². The van der Waals surface area contributed by atoms with Crippen LogP contribution in [0.4, 0.5) is 4.79 Å². The van der Waals surface area contributed by atoms with E-state index in [0.29, 0.717) is 42.8 Å². The summed E-state index contributed by atoms with van der Waals surface area (Å²) in [5.74, 6) is 0.590. The zero-order valence-electron chi connectivity index (χ0n) is 14.9. The van der Waals surface area contributed by atoms with Crippen LogP contribution in [0, 0.1) is 22.0 Å². The van der Waals surface area contributed by atoms with Crippen LogP contribution >= 0.6 is 11.6 Å². The van der Waals surface area contributed by atoms with Gasteiger partial charge in [-0.05, 0) is 12.0 Å². The van der Waals surface area contributed by atoms with Gasteiger partial charge in [-0.2, -0.15) is 0 Å². The summed E-state index contributed by atoms with van der Waals surface area (Å²) in [4.78, 5) is 26.4. The minimum atomic E-state index is -0.795. The molecule has 27 heavy (non-hydrogen) atoms. The number of ether oxygens (including phenoxy) is 2. The smallest absolute Gasteiger partial charge is 0.417 e. The van der Waals surface area contributed by atoms with Crippen molar-refractivity contribution in [2.75, 3.05) is 32.8 Å². The van der Waals surface area contributed by atoms with Crippen molar-refractivity contribution < 1.29 is 19.3 Å². The average molecular weight is 397 g/mol. The van der Waals surface area contributed by atoms with Crippen molar-refractivity contribution in [1.29, 1.82) is 0 Å². The van der Waals surface area contributed by atoms with E-state index < -0.39 is 11.1 Å². The summed E-state index contributed by atoms with van der Waals surface area (Å²) >= 11 is 6.06. The number of amides is 1. The second-order valence-electron chi connectivity index (χ2n) is 6.66. The molecule has 0 N–H and O–H groups in total. The van der Waals surface area contributed by atoms with Gasteiger partial charge >= 0.3 is 6.09 Å². The highest BCUT2D eigenvalue weighted by atomic mass is 35.5. The fraction of sp³-hybridized carbons (Fsp3) is 0.529. The summed E-state index contributed by atoms with van der Waals surface area (Å²) < 4.78 is 10.7. The summed E-state index contributed by atoms with van der Waals surface area (Å²) in [5, 5.41) is 14.1. The fourth-order valence-electron chi connectivity index (χ4n) is 3.18. The van der Waals surface area contributed by atoms with E-state index in [2.05, 4.69) is 12.0 Å². The van der Waals surface area contributed by atoms with Crippen LogP contribution in [0.15, 0.2) is 29.4 Å². The first-order chi connectivity index (χ1) is 13.0. The molecule has 0 radical (unpaired) electrons. The van der Waals surface area contributed by atoms with Crippen LogP contribution in [0.2, 0.25) is 5.02 Å². The van der Waals surface area contributed by atoms with Gasteiger partial charge in [0.25, 0.3) is 5.96 Å². The predicted octanol–water partition coefficient (Wildman–Crippen LogP) is 2.42. The van der Waals surface area contributed by atoms with E-state index in [1.54, 1.807) is 29.2 Å². The molecule has 0 spiro atoms. The third kappa shape index (κ3) is 4.67. The van der Waals surface area contributed by atoms with Gasteiger partial charge in [-0.1, -0.05) is 36.7 Å². The summed E-state index contributed by atoms with van der Waals surface area (Å²) in [6.07, 6.45) is -0.686. The highest BCUT2D eigenvalue weighted by molar-refractivity contribution is 6.31. The molecule has 2 aliphatic rings. The van der Waals surface area contributed by atoms with Gasteiger partial charge in [0.1, 0.15) is 11.7 Å². The molecule has 2 heterocycles. The molecule has 9 nitrogen and oxygen atoms in total. The van der Waals surface area contributed by atoms with Crippen LogP contribution in [0.3, 0.4) is 0 Å². The third-order valence-corrected chi connectivity index (χ3v) is 5.16. The molecule has 0 aliphatic carbocycles. The van der Waals surface area contributed by atoms with Crippen molar-refractivity contribution in [3.05, 3.63) is 45.0 Å². The van der Waals surface area contributed by atoms with Gasteiger partial charge in [0.2, 0.25) is 0 Å². The Morgan fingerprint density at radius 2 is 2.19 bits per heavy atom. The van der Waals surface area contributed by atoms with Gasteiger partial charge in [0, 0.05) is 36.2 Å². The maximum atomic E-state index is 12.5. The van der Waals surface area contributed by atoms with Gasteiger partial charge in [0.15, 0.2) is 5.03 Å². The average Bonchev–Trinajstić information content (AvgIpc) is 3.21. The normalized spacial score (nSPS) is 23.9. The topological polar surface area (TPSA) is 97.5 Å². The largest absolute Gasteiger partial charge is 0.444 e. The molecule has 2 aliphatic heterocycles. The highest BCUT2D eigenvalue weighted by Gasteiger charge is 2.38. The zero-order valence-corrected chi connectivity index (χ0v) is 15.7. The van der Waals surface area contributed by atoms with E-state index in [4.69, 9.17) is 21.1 Å². The Balaban J connectivity index is 1.67. The lowest BCUT2D eigenvalue weighted by molar-refractivity contribution is -0.486. The lowest BCUT2D eigenvalue weighted by atomic mass is 9.98. The number of hydrogen-bond donors (Lipinski definition) is 0. The van der Waals surface area contributed by atoms with Crippen molar-refractivity contribution in [2.24, 2.45) is 16.9 Å². The fourth-order valence-corrected chi connectivity index (χ4v) is 3.37. The third-order valence-electron chi connectivity index (χ3n) is 4.79. The molecule has 1 amide bonds. The van der Waals surface area contributed by atoms with Crippen LogP contribution in [-0.2, 0) is 16.1 Å². The molecule has 146 valence electrons. The van der Waals surface area contributed by atoms with E-state index in [1.807, 2.05) is 0 Å². The zero-order chi connectivity index (χ0) is 19.4. The first-order valence-corrected chi connectivity index (χ1v) is 9.07. The monoisotopic (exact) mass is 396 g/mol. The number of halogens is 1. The number of carbonyl (C=O) groups is 1. The van der Waals surface area contributed by atoms with Crippen molar-refractivity contribution in [1.82, 2.24) is 9.80 Å². The number of carbonyl (C=O) groups excluding carboxylic acids is 1. The van der Waals surface area contributed by atoms with E-state index in [0.717, 1.165) is 0 Å². The molecule has 3 rings (SSSR count). The first kappa shape index (κ1) is 19.4. The van der Waals surface area contributed by atoms with E-state index >= 15 is 0 Å². The molecule has 2 atom stereocenters. The number of rotatable bonds is 5. The number of hydrogen-bond acceptors (Lipinski definition) is 5. The minimum Gasteiger partial charge on any atom is -0.444 e. The van der Waals surface area contributed by atoms with Crippen molar-refractivity contribution in [3.8, 4) is 0 Å². The number of nitrogens with zero attached hydrogens (tertiary/aromatic N) is 4. The molecule has 2 unspecified atom stereocenters. The summed E-state index contributed by atoms with van der Waals surface area (Å²) in [7, 11) is 0. The van der Waals surface area contributed by atoms with E-state index in [-0.39, 0.29) is 25.0 Å². The quantitative estimate of drug-likeness (QED) is 0.560. The Kier molecular flexibility index (Phi) is 6.12. The number of nitro groups is 1. The van der Waals surface area contributed by atoms with E-state index in [9.17, 15) is 14.9 Å². The predicted molar refractivity (Wildman–Crippen MR) is 97.8 cm³/mol.